The molecule has 1 saturated carbocycles. The van der Waals surface area contributed by atoms with Gasteiger partial charge in [0.15, 0.2) is 5.82 Å². The van der Waals surface area contributed by atoms with Crippen LogP contribution in [0.4, 0.5) is 0 Å². The number of aryl methyl sites for hydroxylation is 1. The zero-order valence-corrected chi connectivity index (χ0v) is 12.1. The van der Waals surface area contributed by atoms with Crippen molar-refractivity contribution in [2.45, 2.75) is 51.6 Å². The van der Waals surface area contributed by atoms with E-state index in [1.54, 1.807) is 0 Å². The van der Waals surface area contributed by atoms with Gasteiger partial charge in [-0.1, -0.05) is 0 Å². The number of hydrogen-bond donors (Lipinski definition) is 2. The first-order valence-electron chi connectivity index (χ1n) is 7.51. The number of fused-ring (bicyclic) bond motifs is 1. The highest BCUT2D eigenvalue weighted by molar-refractivity contribution is 5.81. The zero-order valence-electron chi connectivity index (χ0n) is 12.1. The van der Waals surface area contributed by atoms with Crippen molar-refractivity contribution in [3.63, 3.8) is 0 Å². The van der Waals surface area contributed by atoms with Crippen molar-refractivity contribution in [3.05, 3.63) is 11.6 Å². The molecule has 21 heavy (non-hydrogen) atoms. The lowest BCUT2D eigenvalue weighted by Crippen LogP contribution is -2.33. The second-order valence-electron chi connectivity index (χ2n) is 6.01. The lowest BCUT2D eigenvalue weighted by molar-refractivity contribution is -0.141. The van der Waals surface area contributed by atoms with Gasteiger partial charge in [0.05, 0.1) is 12.0 Å². The molecule has 1 aliphatic carbocycles. The average Bonchev–Trinajstić information content (AvgIpc) is 3.14. The van der Waals surface area contributed by atoms with Crippen LogP contribution in [0.25, 0.3) is 0 Å². The molecule has 0 aromatic carbocycles. The number of aromatic nitrogens is 3. The standard InChI is InChI=1S/C14H20N4O3/c1-8(12-17-16-11-3-2-6-18(11)12)15-13(19)9-4-5-10(7-9)14(20)21/h8-10H,2-7H2,1H3,(H,15,19)(H,20,21). The third-order valence-corrected chi connectivity index (χ3v) is 4.54. The number of carbonyl (C=O) groups is 2. The molecule has 7 nitrogen and oxygen atoms in total. The number of nitrogens with zero attached hydrogens (tertiary/aromatic N) is 3. The molecule has 0 radical (unpaired) electrons. The molecule has 2 aliphatic rings. The minimum absolute atomic E-state index is 0.0680. The molecule has 3 rings (SSSR count). The second kappa shape index (κ2) is 5.46. The Bertz CT molecular complexity index is 569. The maximum absolute atomic E-state index is 12.3. The summed E-state index contributed by atoms with van der Waals surface area (Å²) >= 11 is 0. The molecule has 2 N–H and O–H groups in total. The number of nitrogens with one attached hydrogen (secondary N) is 1. The van der Waals surface area contributed by atoms with Crippen molar-refractivity contribution in [3.8, 4) is 0 Å². The Morgan fingerprint density at radius 2 is 2.10 bits per heavy atom. The van der Waals surface area contributed by atoms with Crippen molar-refractivity contribution in [1.82, 2.24) is 20.1 Å². The maximum atomic E-state index is 12.3. The Morgan fingerprint density at radius 1 is 1.33 bits per heavy atom. The molecular weight excluding hydrogens is 272 g/mol. The van der Waals surface area contributed by atoms with Crippen LogP contribution in [-0.4, -0.2) is 31.7 Å². The molecule has 114 valence electrons. The molecule has 1 fully saturated rings. The molecule has 0 bridgehead atoms. The number of hydrogen-bond acceptors (Lipinski definition) is 4. The summed E-state index contributed by atoms with van der Waals surface area (Å²) in [6, 6.07) is -0.194. The van der Waals surface area contributed by atoms with Crippen molar-refractivity contribution in [2.24, 2.45) is 11.8 Å². The van der Waals surface area contributed by atoms with Crippen LogP contribution >= 0.6 is 0 Å². The fraction of sp³-hybridized carbons (Fsp3) is 0.714. The molecule has 1 aromatic rings. The minimum atomic E-state index is -0.798. The average molecular weight is 292 g/mol. The Hall–Kier alpha value is -1.92. The summed E-state index contributed by atoms with van der Waals surface area (Å²) in [5, 5.41) is 20.3. The van der Waals surface area contributed by atoms with Gasteiger partial charge in [-0.25, -0.2) is 0 Å². The lowest BCUT2D eigenvalue weighted by atomic mass is 10.0. The molecule has 0 spiro atoms. The molecule has 7 heteroatoms. The van der Waals surface area contributed by atoms with Gasteiger partial charge in [-0.05, 0) is 32.6 Å². The van der Waals surface area contributed by atoms with E-state index in [4.69, 9.17) is 5.11 Å². The Morgan fingerprint density at radius 3 is 2.81 bits per heavy atom. The molecule has 1 aromatic heterocycles. The highest BCUT2D eigenvalue weighted by Gasteiger charge is 2.34. The lowest BCUT2D eigenvalue weighted by Gasteiger charge is -2.17. The summed E-state index contributed by atoms with van der Waals surface area (Å²) in [4.78, 5) is 23.2. The van der Waals surface area contributed by atoms with E-state index in [1.165, 1.54) is 0 Å². The zero-order chi connectivity index (χ0) is 15.0. The van der Waals surface area contributed by atoms with E-state index in [-0.39, 0.29) is 23.8 Å². The monoisotopic (exact) mass is 292 g/mol. The quantitative estimate of drug-likeness (QED) is 0.859. The summed E-state index contributed by atoms with van der Waals surface area (Å²) in [7, 11) is 0. The Balaban J connectivity index is 1.61. The number of carboxylic acids is 1. The molecule has 3 atom stereocenters. The SMILES string of the molecule is CC(NC(=O)C1CCC(C(=O)O)C1)c1nnc2n1CCC2. The normalized spacial score (nSPS) is 25.6. The van der Waals surface area contributed by atoms with E-state index in [1.807, 2.05) is 6.92 Å². The van der Waals surface area contributed by atoms with Gasteiger partial charge in [0, 0.05) is 18.9 Å². The van der Waals surface area contributed by atoms with E-state index in [2.05, 4.69) is 20.1 Å². The number of carbonyl (C=O) groups excluding carboxylic acids is 1. The molecule has 3 unspecified atom stereocenters. The number of aliphatic carboxylic acids is 1. The van der Waals surface area contributed by atoms with E-state index < -0.39 is 5.97 Å². The van der Waals surface area contributed by atoms with E-state index in [0.717, 1.165) is 31.0 Å². The van der Waals surface area contributed by atoms with Crippen molar-refractivity contribution in [2.75, 3.05) is 0 Å². The highest BCUT2D eigenvalue weighted by atomic mass is 16.4. The summed E-state index contributed by atoms with van der Waals surface area (Å²) < 4.78 is 2.07. The largest absolute Gasteiger partial charge is 0.481 e. The van der Waals surface area contributed by atoms with Crippen LogP contribution in [0.15, 0.2) is 0 Å². The predicted molar refractivity (Wildman–Crippen MR) is 73.4 cm³/mol. The summed E-state index contributed by atoms with van der Waals surface area (Å²) in [6.07, 6.45) is 3.68. The third kappa shape index (κ3) is 2.64. The molecule has 1 aliphatic heterocycles. The summed E-state index contributed by atoms with van der Waals surface area (Å²) in [5.41, 5.74) is 0. The van der Waals surface area contributed by atoms with Crippen LogP contribution in [0.2, 0.25) is 0 Å². The molecular formula is C14H20N4O3. The van der Waals surface area contributed by atoms with E-state index in [9.17, 15) is 9.59 Å². The van der Waals surface area contributed by atoms with Gasteiger partial charge in [0.2, 0.25) is 5.91 Å². The predicted octanol–water partition coefficient (Wildman–Crippen LogP) is 0.902. The first-order valence-corrected chi connectivity index (χ1v) is 7.51. The van der Waals surface area contributed by atoms with Gasteiger partial charge in [-0.15, -0.1) is 10.2 Å². The van der Waals surface area contributed by atoms with E-state index >= 15 is 0 Å². The third-order valence-electron chi connectivity index (χ3n) is 4.54. The summed E-state index contributed by atoms with van der Waals surface area (Å²) in [6.45, 7) is 2.81. The van der Waals surface area contributed by atoms with Gasteiger partial charge in [0.1, 0.15) is 5.82 Å². The van der Waals surface area contributed by atoms with Crippen molar-refractivity contribution >= 4 is 11.9 Å². The van der Waals surface area contributed by atoms with Gasteiger partial charge in [-0.2, -0.15) is 0 Å². The number of amides is 1. The van der Waals surface area contributed by atoms with Crippen molar-refractivity contribution in [1.29, 1.82) is 0 Å². The fourth-order valence-corrected chi connectivity index (χ4v) is 3.33. The first-order chi connectivity index (χ1) is 10.1. The fourth-order valence-electron chi connectivity index (χ4n) is 3.33. The smallest absolute Gasteiger partial charge is 0.306 e. The van der Waals surface area contributed by atoms with E-state index in [0.29, 0.717) is 19.3 Å². The van der Waals surface area contributed by atoms with Gasteiger partial charge in [-0.3, -0.25) is 9.59 Å². The topological polar surface area (TPSA) is 97.1 Å². The maximum Gasteiger partial charge on any atom is 0.306 e. The van der Waals surface area contributed by atoms with Crippen LogP contribution < -0.4 is 5.32 Å². The summed E-state index contributed by atoms with van der Waals surface area (Å²) in [5.74, 6) is 0.333. The number of carboxylic acid groups (broad SMARTS) is 1. The van der Waals surface area contributed by atoms with Crippen LogP contribution in [0.1, 0.15) is 50.3 Å². The second-order valence-corrected chi connectivity index (χ2v) is 6.01. The van der Waals surface area contributed by atoms with Gasteiger partial charge >= 0.3 is 5.97 Å². The Kier molecular flexibility index (Phi) is 3.65. The molecule has 2 heterocycles. The molecule has 1 amide bonds. The Labute approximate surface area is 122 Å². The van der Waals surface area contributed by atoms with Crippen molar-refractivity contribution < 1.29 is 14.7 Å². The van der Waals surface area contributed by atoms with Crippen LogP contribution in [0.5, 0.6) is 0 Å². The minimum Gasteiger partial charge on any atom is -0.481 e. The highest BCUT2D eigenvalue weighted by Crippen LogP contribution is 2.31. The van der Waals surface area contributed by atoms with Crippen LogP contribution in [0.3, 0.4) is 0 Å². The first kappa shape index (κ1) is 14.0. The van der Waals surface area contributed by atoms with Crippen LogP contribution in [0, 0.1) is 11.8 Å². The number of rotatable bonds is 4. The van der Waals surface area contributed by atoms with Crippen LogP contribution in [-0.2, 0) is 22.6 Å². The van der Waals surface area contributed by atoms with Gasteiger partial charge in [0.25, 0.3) is 0 Å². The molecule has 0 saturated heterocycles. The van der Waals surface area contributed by atoms with Gasteiger partial charge < -0.3 is 15.0 Å².